The molecule has 0 radical (unpaired) electrons. The molecule has 7 heteroatoms. The summed E-state index contributed by atoms with van der Waals surface area (Å²) >= 11 is 0. The number of nitrogens with zero attached hydrogens (tertiary/aromatic N) is 4. The number of ether oxygens (including phenoxy) is 1. The number of benzene rings is 1. The summed E-state index contributed by atoms with van der Waals surface area (Å²) in [6, 6.07) is 7.25. The lowest BCUT2D eigenvalue weighted by atomic mass is 9.95. The maximum absolute atomic E-state index is 13.0. The van der Waals surface area contributed by atoms with Crippen LogP contribution in [0.1, 0.15) is 51.9 Å². The molecule has 2 aromatic rings. The third kappa shape index (κ3) is 4.78. The Kier molecular flexibility index (Phi) is 6.70. The largest absolute Gasteiger partial charge is 0.497 e. The maximum Gasteiger partial charge on any atom is 0.254 e. The molecular formula is C23H30N4O3. The lowest BCUT2D eigenvalue weighted by Crippen LogP contribution is -2.39. The molecule has 7 nitrogen and oxygen atoms in total. The SMILES string of the molecule is COc1cccc(C(=O)N2CCCC(c3nc(C)c(CC(=O)N(C)C)c(C)n3)C2)c1. The Morgan fingerprint density at radius 2 is 1.90 bits per heavy atom. The second-order valence-electron chi connectivity index (χ2n) is 8.02. The molecule has 0 aliphatic carbocycles. The van der Waals surface area contributed by atoms with Gasteiger partial charge in [-0.2, -0.15) is 0 Å². The minimum atomic E-state index is 0.000226. The highest BCUT2D eigenvalue weighted by molar-refractivity contribution is 5.94. The van der Waals surface area contributed by atoms with E-state index in [0.717, 1.165) is 42.2 Å². The molecule has 2 amide bonds. The zero-order chi connectivity index (χ0) is 21.8. The summed E-state index contributed by atoms with van der Waals surface area (Å²) in [7, 11) is 5.09. The lowest BCUT2D eigenvalue weighted by Gasteiger charge is -2.32. The van der Waals surface area contributed by atoms with Crippen LogP contribution in [0, 0.1) is 13.8 Å². The van der Waals surface area contributed by atoms with Gasteiger partial charge in [0.2, 0.25) is 5.91 Å². The Bertz CT molecular complexity index is 919. The van der Waals surface area contributed by atoms with Gasteiger partial charge in [0.1, 0.15) is 11.6 Å². The third-order valence-electron chi connectivity index (χ3n) is 5.66. The summed E-state index contributed by atoms with van der Waals surface area (Å²) in [6.45, 7) is 5.17. The molecule has 1 fully saturated rings. The van der Waals surface area contributed by atoms with E-state index in [1.54, 1.807) is 32.2 Å². The number of hydrogen-bond acceptors (Lipinski definition) is 5. The molecule has 0 spiro atoms. The molecule has 1 aliphatic rings. The van der Waals surface area contributed by atoms with Gasteiger partial charge < -0.3 is 14.5 Å². The monoisotopic (exact) mass is 410 g/mol. The van der Waals surface area contributed by atoms with Crippen LogP contribution in [-0.4, -0.2) is 65.9 Å². The van der Waals surface area contributed by atoms with Crippen LogP contribution in [0.2, 0.25) is 0 Å². The number of likely N-dealkylation sites (tertiary alicyclic amines) is 1. The minimum absolute atomic E-state index is 0.000226. The smallest absolute Gasteiger partial charge is 0.254 e. The van der Waals surface area contributed by atoms with Crippen LogP contribution in [0.5, 0.6) is 5.75 Å². The average molecular weight is 411 g/mol. The number of carbonyl (C=O) groups excluding carboxylic acids is 2. The Morgan fingerprint density at radius 3 is 2.53 bits per heavy atom. The number of methoxy groups -OCH3 is 1. The predicted molar refractivity (Wildman–Crippen MR) is 115 cm³/mol. The summed E-state index contributed by atoms with van der Waals surface area (Å²) in [6.07, 6.45) is 2.15. The van der Waals surface area contributed by atoms with E-state index in [2.05, 4.69) is 0 Å². The topological polar surface area (TPSA) is 75.6 Å². The first-order valence-electron chi connectivity index (χ1n) is 10.3. The van der Waals surface area contributed by atoms with Crippen LogP contribution in [0.4, 0.5) is 0 Å². The molecule has 0 N–H and O–H groups in total. The van der Waals surface area contributed by atoms with Crippen molar-refractivity contribution in [3.8, 4) is 5.75 Å². The fourth-order valence-electron chi connectivity index (χ4n) is 3.82. The molecule has 1 unspecified atom stereocenters. The zero-order valence-electron chi connectivity index (χ0n) is 18.4. The number of aromatic nitrogens is 2. The van der Waals surface area contributed by atoms with Crippen molar-refractivity contribution in [2.24, 2.45) is 0 Å². The number of rotatable bonds is 5. The summed E-state index contributed by atoms with van der Waals surface area (Å²) in [5.41, 5.74) is 3.19. The highest BCUT2D eigenvalue weighted by Gasteiger charge is 2.28. The van der Waals surface area contributed by atoms with Gasteiger partial charge >= 0.3 is 0 Å². The van der Waals surface area contributed by atoms with Crippen molar-refractivity contribution in [1.29, 1.82) is 0 Å². The van der Waals surface area contributed by atoms with E-state index >= 15 is 0 Å². The molecule has 3 rings (SSSR count). The summed E-state index contributed by atoms with van der Waals surface area (Å²) in [5, 5.41) is 0. The zero-order valence-corrected chi connectivity index (χ0v) is 18.4. The molecule has 1 saturated heterocycles. The van der Waals surface area contributed by atoms with E-state index in [1.807, 2.05) is 36.9 Å². The lowest BCUT2D eigenvalue weighted by molar-refractivity contribution is -0.128. The van der Waals surface area contributed by atoms with Crippen molar-refractivity contribution in [3.63, 3.8) is 0 Å². The first-order valence-corrected chi connectivity index (χ1v) is 10.3. The van der Waals surface area contributed by atoms with Crippen LogP contribution in [0.15, 0.2) is 24.3 Å². The number of aryl methyl sites for hydroxylation is 2. The number of carbonyl (C=O) groups is 2. The maximum atomic E-state index is 13.0. The first-order chi connectivity index (χ1) is 14.3. The van der Waals surface area contributed by atoms with Gasteiger partial charge in [-0.1, -0.05) is 6.07 Å². The van der Waals surface area contributed by atoms with Gasteiger partial charge in [0, 0.05) is 55.6 Å². The van der Waals surface area contributed by atoms with Crippen molar-refractivity contribution in [2.75, 3.05) is 34.3 Å². The van der Waals surface area contributed by atoms with Gasteiger partial charge in [-0.05, 0) is 44.9 Å². The van der Waals surface area contributed by atoms with Gasteiger partial charge in [0.25, 0.3) is 5.91 Å². The van der Waals surface area contributed by atoms with E-state index in [9.17, 15) is 9.59 Å². The molecule has 1 aromatic heterocycles. The van der Waals surface area contributed by atoms with Gasteiger partial charge in [-0.25, -0.2) is 9.97 Å². The average Bonchev–Trinajstić information content (AvgIpc) is 2.75. The Balaban J connectivity index is 1.78. The van der Waals surface area contributed by atoms with Crippen LogP contribution >= 0.6 is 0 Å². The number of hydrogen-bond donors (Lipinski definition) is 0. The van der Waals surface area contributed by atoms with Crippen LogP contribution < -0.4 is 4.74 Å². The van der Waals surface area contributed by atoms with Crippen molar-refractivity contribution in [1.82, 2.24) is 19.8 Å². The van der Waals surface area contributed by atoms with Crippen LogP contribution in [0.3, 0.4) is 0 Å². The molecule has 0 bridgehead atoms. The Hall–Kier alpha value is -2.96. The second-order valence-corrected chi connectivity index (χ2v) is 8.02. The molecule has 1 aliphatic heterocycles. The van der Waals surface area contributed by atoms with E-state index in [0.29, 0.717) is 24.3 Å². The van der Waals surface area contributed by atoms with Crippen molar-refractivity contribution in [2.45, 2.75) is 39.0 Å². The van der Waals surface area contributed by atoms with Gasteiger partial charge in [0.05, 0.1) is 13.5 Å². The normalized spacial score (nSPS) is 16.3. The molecular weight excluding hydrogens is 380 g/mol. The summed E-state index contributed by atoms with van der Waals surface area (Å²) in [5.74, 6) is 1.55. The molecule has 1 aromatic carbocycles. The van der Waals surface area contributed by atoms with E-state index in [1.165, 1.54) is 0 Å². The number of piperidine rings is 1. The Morgan fingerprint density at radius 1 is 1.20 bits per heavy atom. The van der Waals surface area contributed by atoms with Gasteiger partial charge in [-0.15, -0.1) is 0 Å². The highest BCUT2D eigenvalue weighted by atomic mass is 16.5. The molecule has 1 atom stereocenters. The number of likely N-dealkylation sites (N-methyl/N-ethyl adjacent to an activating group) is 1. The quantitative estimate of drug-likeness (QED) is 0.758. The summed E-state index contributed by atoms with van der Waals surface area (Å²) in [4.78, 5) is 38.0. The van der Waals surface area contributed by atoms with E-state index in [4.69, 9.17) is 14.7 Å². The predicted octanol–water partition coefficient (Wildman–Crippen LogP) is 2.75. The van der Waals surface area contributed by atoms with Gasteiger partial charge in [-0.3, -0.25) is 9.59 Å². The Labute approximate surface area is 178 Å². The highest BCUT2D eigenvalue weighted by Crippen LogP contribution is 2.27. The van der Waals surface area contributed by atoms with Crippen LogP contribution in [0.25, 0.3) is 0 Å². The van der Waals surface area contributed by atoms with Crippen molar-refractivity contribution >= 4 is 11.8 Å². The first kappa shape index (κ1) is 21.7. The van der Waals surface area contributed by atoms with Gasteiger partial charge in [0.15, 0.2) is 0 Å². The second kappa shape index (κ2) is 9.24. The third-order valence-corrected chi connectivity index (χ3v) is 5.66. The van der Waals surface area contributed by atoms with E-state index in [-0.39, 0.29) is 17.7 Å². The van der Waals surface area contributed by atoms with E-state index < -0.39 is 0 Å². The summed E-state index contributed by atoms with van der Waals surface area (Å²) < 4.78 is 5.24. The fourth-order valence-corrected chi connectivity index (χ4v) is 3.82. The molecule has 160 valence electrons. The number of amides is 2. The fraction of sp³-hybridized carbons (Fsp3) is 0.478. The van der Waals surface area contributed by atoms with Crippen LogP contribution in [-0.2, 0) is 11.2 Å². The standard InChI is InChI=1S/C23H30N4O3/c1-15-20(13-21(28)26(3)4)16(2)25-22(24-15)18-9-7-11-27(14-18)23(29)17-8-6-10-19(12-17)30-5/h6,8,10,12,18H,7,9,11,13-14H2,1-5H3. The molecule has 30 heavy (non-hydrogen) atoms. The minimum Gasteiger partial charge on any atom is -0.497 e. The molecule has 0 saturated carbocycles. The molecule has 2 heterocycles. The van der Waals surface area contributed by atoms with Crippen molar-refractivity contribution < 1.29 is 14.3 Å². The van der Waals surface area contributed by atoms with Crippen molar-refractivity contribution in [3.05, 3.63) is 52.6 Å².